The molecule has 0 radical (unpaired) electrons. The number of carbonyl (C=O) groups is 2. The minimum absolute atomic E-state index is 0.0386. The Balaban J connectivity index is 1.75. The lowest BCUT2D eigenvalue weighted by molar-refractivity contribution is -0.139. The number of hydrogen-bond acceptors (Lipinski definition) is 2. The summed E-state index contributed by atoms with van der Waals surface area (Å²) in [6, 6.07) is 0. The molecule has 1 N–H and O–H groups in total. The summed E-state index contributed by atoms with van der Waals surface area (Å²) in [6.45, 7) is 3.39. The Labute approximate surface area is 114 Å². The van der Waals surface area contributed by atoms with Gasteiger partial charge in [0, 0.05) is 19.5 Å². The lowest BCUT2D eigenvalue weighted by Crippen LogP contribution is -2.57. The predicted molar refractivity (Wildman–Crippen MR) is 72.4 cm³/mol. The number of nitrogens with zero attached hydrogens (tertiary/aromatic N) is 1. The second-order valence-electron chi connectivity index (χ2n) is 6.68. The van der Waals surface area contributed by atoms with Crippen LogP contribution in [0.3, 0.4) is 0 Å². The van der Waals surface area contributed by atoms with Gasteiger partial charge in [-0.1, -0.05) is 12.8 Å². The van der Waals surface area contributed by atoms with Crippen molar-refractivity contribution in [3.05, 3.63) is 0 Å². The van der Waals surface area contributed by atoms with Crippen LogP contribution in [0.15, 0.2) is 0 Å². The molecule has 19 heavy (non-hydrogen) atoms. The molecule has 3 fully saturated rings. The van der Waals surface area contributed by atoms with E-state index in [1.807, 2.05) is 11.8 Å². The summed E-state index contributed by atoms with van der Waals surface area (Å²) in [6.07, 6.45) is 7.67. The van der Waals surface area contributed by atoms with Crippen LogP contribution in [-0.4, -0.2) is 35.3 Å². The van der Waals surface area contributed by atoms with E-state index in [4.69, 9.17) is 0 Å². The van der Waals surface area contributed by atoms with Crippen molar-refractivity contribution in [3.63, 3.8) is 0 Å². The highest BCUT2D eigenvalue weighted by atomic mass is 16.2. The van der Waals surface area contributed by atoms with Crippen LogP contribution in [0.4, 0.5) is 0 Å². The SMILES string of the molecule is CC1(C2CC2)NC(=O)CCN(CC2CCCC2)C1=O. The van der Waals surface area contributed by atoms with Gasteiger partial charge < -0.3 is 10.2 Å². The maximum atomic E-state index is 12.8. The first-order chi connectivity index (χ1) is 9.09. The van der Waals surface area contributed by atoms with Gasteiger partial charge in [-0.15, -0.1) is 0 Å². The minimum Gasteiger partial charge on any atom is -0.342 e. The fourth-order valence-corrected chi connectivity index (χ4v) is 3.69. The van der Waals surface area contributed by atoms with Crippen LogP contribution in [0.2, 0.25) is 0 Å². The number of hydrogen-bond donors (Lipinski definition) is 1. The van der Waals surface area contributed by atoms with E-state index >= 15 is 0 Å². The summed E-state index contributed by atoms with van der Waals surface area (Å²) in [7, 11) is 0. The van der Waals surface area contributed by atoms with E-state index in [1.165, 1.54) is 25.7 Å². The van der Waals surface area contributed by atoms with Gasteiger partial charge in [0.1, 0.15) is 5.54 Å². The second-order valence-corrected chi connectivity index (χ2v) is 6.68. The molecule has 3 aliphatic rings. The zero-order valence-corrected chi connectivity index (χ0v) is 11.8. The van der Waals surface area contributed by atoms with Crippen molar-refractivity contribution in [2.75, 3.05) is 13.1 Å². The van der Waals surface area contributed by atoms with E-state index in [-0.39, 0.29) is 11.8 Å². The van der Waals surface area contributed by atoms with Crippen LogP contribution in [-0.2, 0) is 9.59 Å². The van der Waals surface area contributed by atoms with Crippen molar-refractivity contribution in [1.82, 2.24) is 10.2 Å². The molecule has 0 aromatic rings. The second kappa shape index (κ2) is 4.80. The van der Waals surface area contributed by atoms with Gasteiger partial charge in [-0.3, -0.25) is 9.59 Å². The highest BCUT2D eigenvalue weighted by Crippen LogP contribution is 2.41. The molecule has 2 saturated carbocycles. The Morgan fingerprint density at radius 2 is 1.89 bits per heavy atom. The van der Waals surface area contributed by atoms with E-state index < -0.39 is 5.54 Å². The largest absolute Gasteiger partial charge is 0.342 e. The third kappa shape index (κ3) is 2.49. The molecule has 4 nitrogen and oxygen atoms in total. The molecule has 4 heteroatoms. The lowest BCUT2D eigenvalue weighted by Gasteiger charge is -2.33. The lowest BCUT2D eigenvalue weighted by atomic mass is 9.93. The molecule has 1 atom stereocenters. The minimum atomic E-state index is -0.633. The van der Waals surface area contributed by atoms with Crippen LogP contribution in [0, 0.1) is 11.8 Å². The van der Waals surface area contributed by atoms with E-state index in [1.54, 1.807) is 0 Å². The molecule has 0 bridgehead atoms. The van der Waals surface area contributed by atoms with Crippen molar-refractivity contribution in [2.24, 2.45) is 11.8 Å². The van der Waals surface area contributed by atoms with Crippen LogP contribution >= 0.6 is 0 Å². The van der Waals surface area contributed by atoms with Gasteiger partial charge in [0.25, 0.3) is 0 Å². The van der Waals surface area contributed by atoms with Crippen LogP contribution in [0.5, 0.6) is 0 Å². The summed E-state index contributed by atoms with van der Waals surface area (Å²) < 4.78 is 0. The monoisotopic (exact) mass is 264 g/mol. The molecule has 1 aliphatic heterocycles. The van der Waals surface area contributed by atoms with Gasteiger partial charge in [0.05, 0.1) is 0 Å². The molecular formula is C15H24N2O2. The van der Waals surface area contributed by atoms with Crippen LogP contribution < -0.4 is 5.32 Å². The quantitative estimate of drug-likeness (QED) is 0.843. The number of carbonyl (C=O) groups excluding carboxylic acids is 2. The van der Waals surface area contributed by atoms with Crippen LogP contribution in [0.25, 0.3) is 0 Å². The average Bonchev–Trinajstić information content (AvgIpc) is 3.13. The van der Waals surface area contributed by atoms with E-state index in [0.717, 1.165) is 19.4 Å². The Morgan fingerprint density at radius 3 is 2.53 bits per heavy atom. The van der Waals surface area contributed by atoms with Crippen molar-refractivity contribution in [1.29, 1.82) is 0 Å². The van der Waals surface area contributed by atoms with E-state index in [2.05, 4.69) is 5.32 Å². The zero-order valence-electron chi connectivity index (χ0n) is 11.8. The summed E-state index contributed by atoms with van der Waals surface area (Å²) in [5, 5.41) is 2.99. The molecular weight excluding hydrogens is 240 g/mol. The normalized spacial score (nSPS) is 33.4. The molecule has 2 aliphatic carbocycles. The molecule has 2 amide bonds. The Hall–Kier alpha value is -1.06. The highest BCUT2D eigenvalue weighted by molar-refractivity contribution is 5.93. The molecule has 3 rings (SSSR count). The maximum Gasteiger partial charge on any atom is 0.248 e. The Kier molecular flexibility index (Phi) is 3.27. The van der Waals surface area contributed by atoms with E-state index in [9.17, 15) is 9.59 Å². The van der Waals surface area contributed by atoms with Gasteiger partial charge in [-0.05, 0) is 44.4 Å². The summed E-state index contributed by atoms with van der Waals surface area (Å²) in [5.74, 6) is 1.21. The van der Waals surface area contributed by atoms with Gasteiger partial charge in [-0.2, -0.15) is 0 Å². The van der Waals surface area contributed by atoms with E-state index in [0.29, 0.717) is 24.8 Å². The number of amides is 2. The average molecular weight is 264 g/mol. The van der Waals surface area contributed by atoms with Gasteiger partial charge >= 0.3 is 0 Å². The third-order valence-electron chi connectivity index (χ3n) is 5.09. The molecule has 106 valence electrons. The van der Waals surface area contributed by atoms with Crippen molar-refractivity contribution >= 4 is 11.8 Å². The first-order valence-corrected chi connectivity index (χ1v) is 7.70. The standard InChI is InChI=1S/C15H24N2O2/c1-15(12-6-7-12)14(19)17(9-8-13(18)16-15)10-11-4-2-3-5-11/h11-12H,2-10H2,1H3,(H,16,18). The summed E-state index contributed by atoms with van der Waals surface area (Å²) in [4.78, 5) is 26.6. The first kappa shape index (κ1) is 12.9. The molecule has 1 unspecified atom stereocenters. The Bertz CT molecular complexity index is 386. The van der Waals surface area contributed by atoms with Gasteiger partial charge in [0.15, 0.2) is 0 Å². The van der Waals surface area contributed by atoms with Crippen molar-refractivity contribution in [3.8, 4) is 0 Å². The van der Waals surface area contributed by atoms with Gasteiger partial charge in [0.2, 0.25) is 11.8 Å². The third-order valence-corrected chi connectivity index (χ3v) is 5.09. The predicted octanol–water partition coefficient (Wildman–Crippen LogP) is 1.69. The zero-order chi connectivity index (χ0) is 13.5. The topological polar surface area (TPSA) is 49.4 Å². The smallest absolute Gasteiger partial charge is 0.248 e. The highest BCUT2D eigenvalue weighted by Gasteiger charge is 2.51. The van der Waals surface area contributed by atoms with Crippen molar-refractivity contribution in [2.45, 2.75) is 57.4 Å². The molecule has 0 aromatic heterocycles. The number of rotatable bonds is 3. The fourth-order valence-electron chi connectivity index (χ4n) is 3.69. The first-order valence-electron chi connectivity index (χ1n) is 7.70. The van der Waals surface area contributed by atoms with Crippen LogP contribution in [0.1, 0.15) is 51.9 Å². The molecule has 0 aromatic carbocycles. The Morgan fingerprint density at radius 1 is 1.21 bits per heavy atom. The maximum absolute atomic E-state index is 12.8. The van der Waals surface area contributed by atoms with Gasteiger partial charge in [-0.25, -0.2) is 0 Å². The number of nitrogens with one attached hydrogen (secondary N) is 1. The fraction of sp³-hybridized carbons (Fsp3) is 0.867. The molecule has 1 saturated heterocycles. The summed E-state index contributed by atoms with van der Waals surface area (Å²) in [5.41, 5.74) is -0.633. The summed E-state index contributed by atoms with van der Waals surface area (Å²) >= 11 is 0. The van der Waals surface area contributed by atoms with Crippen molar-refractivity contribution < 1.29 is 9.59 Å². The molecule has 1 heterocycles. The molecule has 0 spiro atoms.